The number of allylic oxidation sites excluding steroid dienone is 4. The Hall–Kier alpha value is -1.04. The molecule has 0 aromatic carbocycles. The maximum Gasteiger partial charge on any atom is -0.00399 e. The van der Waals surface area contributed by atoms with Crippen molar-refractivity contribution in [3.05, 3.63) is 42.2 Å². The third-order valence-electron chi connectivity index (χ3n) is 1.24. The second-order valence-corrected chi connectivity index (χ2v) is 2.31. The zero-order valence-corrected chi connectivity index (χ0v) is 7.01. The first-order valence-electron chi connectivity index (χ1n) is 3.69. The smallest absolute Gasteiger partial charge is 0.00399 e. The molecule has 1 heteroatoms. The molecule has 0 amide bonds. The van der Waals surface area contributed by atoms with Crippen molar-refractivity contribution in [1.82, 2.24) is 0 Å². The van der Waals surface area contributed by atoms with Crippen LogP contribution in [0.15, 0.2) is 42.2 Å². The van der Waals surface area contributed by atoms with Crippen LogP contribution in [-0.4, -0.2) is 6.54 Å². The van der Waals surface area contributed by atoms with E-state index >= 15 is 0 Å². The van der Waals surface area contributed by atoms with Crippen LogP contribution in [0.1, 0.15) is 13.3 Å². The highest BCUT2D eigenvalue weighted by atomic mass is 14.5. The van der Waals surface area contributed by atoms with E-state index in [2.05, 4.69) is 19.2 Å². The summed E-state index contributed by atoms with van der Waals surface area (Å²) in [7, 11) is 0. The molecule has 2 N–H and O–H groups in total. The van der Waals surface area contributed by atoms with Gasteiger partial charge in [0.15, 0.2) is 0 Å². The Morgan fingerprint density at radius 2 is 2.27 bits per heavy atom. The van der Waals surface area contributed by atoms with Crippen molar-refractivity contribution >= 4 is 0 Å². The summed E-state index contributed by atoms with van der Waals surface area (Å²) in [5.41, 5.74) is 9.32. The summed E-state index contributed by atoms with van der Waals surface area (Å²) in [5.74, 6) is 0. The monoisotopic (exact) mass is 149 g/mol. The highest BCUT2D eigenvalue weighted by molar-refractivity contribution is 5.14. The van der Waals surface area contributed by atoms with Gasteiger partial charge in [0.25, 0.3) is 0 Å². The normalized spacial score (nSPS) is 11.6. The van der Waals surface area contributed by atoms with Crippen LogP contribution in [0.4, 0.5) is 0 Å². The molecule has 0 fully saturated rings. The fourth-order valence-electron chi connectivity index (χ4n) is 0.654. The summed E-state index contributed by atoms with van der Waals surface area (Å²) in [6.07, 6.45) is 8.63. The van der Waals surface area contributed by atoms with Crippen LogP contribution < -0.4 is 5.73 Å². The SMILES string of the molecule is C=C=C/C=C\C=C(/C)CCN. The minimum atomic E-state index is 0.716. The molecule has 11 heavy (non-hydrogen) atoms. The van der Waals surface area contributed by atoms with Crippen molar-refractivity contribution in [2.24, 2.45) is 5.73 Å². The molecule has 0 aromatic rings. The van der Waals surface area contributed by atoms with E-state index in [0.717, 1.165) is 6.42 Å². The number of nitrogens with two attached hydrogens (primary N) is 1. The lowest BCUT2D eigenvalue weighted by Crippen LogP contribution is -1.98. The van der Waals surface area contributed by atoms with Crippen molar-refractivity contribution < 1.29 is 0 Å². The van der Waals surface area contributed by atoms with Gasteiger partial charge < -0.3 is 5.73 Å². The lowest BCUT2D eigenvalue weighted by atomic mass is 10.2. The fraction of sp³-hybridized carbons (Fsp3) is 0.300. The third-order valence-corrected chi connectivity index (χ3v) is 1.24. The second-order valence-electron chi connectivity index (χ2n) is 2.31. The van der Waals surface area contributed by atoms with Crippen LogP contribution in [-0.2, 0) is 0 Å². The van der Waals surface area contributed by atoms with E-state index in [1.54, 1.807) is 6.08 Å². The van der Waals surface area contributed by atoms with Crippen molar-refractivity contribution in [3.63, 3.8) is 0 Å². The van der Waals surface area contributed by atoms with E-state index in [-0.39, 0.29) is 0 Å². The number of hydrogen-bond acceptors (Lipinski definition) is 1. The lowest BCUT2D eigenvalue weighted by Gasteiger charge is -1.92. The maximum absolute atomic E-state index is 5.36. The minimum Gasteiger partial charge on any atom is -0.330 e. The van der Waals surface area contributed by atoms with Crippen molar-refractivity contribution in [2.45, 2.75) is 13.3 Å². The molecule has 0 atom stereocenters. The Kier molecular flexibility index (Phi) is 6.40. The highest BCUT2D eigenvalue weighted by Gasteiger charge is 1.81. The molecule has 0 unspecified atom stereocenters. The minimum absolute atomic E-state index is 0.716. The van der Waals surface area contributed by atoms with Crippen LogP contribution in [0.5, 0.6) is 0 Å². The molecule has 0 aliphatic carbocycles. The van der Waals surface area contributed by atoms with Crippen molar-refractivity contribution in [3.8, 4) is 0 Å². The van der Waals surface area contributed by atoms with Gasteiger partial charge in [0.1, 0.15) is 0 Å². The zero-order valence-electron chi connectivity index (χ0n) is 7.01. The van der Waals surface area contributed by atoms with Crippen LogP contribution in [0.25, 0.3) is 0 Å². The predicted molar refractivity (Wildman–Crippen MR) is 50.3 cm³/mol. The van der Waals surface area contributed by atoms with E-state index in [0.29, 0.717) is 6.54 Å². The molecule has 0 saturated carbocycles. The van der Waals surface area contributed by atoms with Gasteiger partial charge in [-0.15, -0.1) is 5.73 Å². The van der Waals surface area contributed by atoms with Gasteiger partial charge in [0.2, 0.25) is 0 Å². The predicted octanol–water partition coefficient (Wildman–Crippen LogP) is 2.18. The molecule has 0 saturated heterocycles. The molecule has 0 bridgehead atoms. The van der Waals surface area contributed by atoms with E-state index in [4.69, 9.17) is 5.73 Å². The topological polar surface area (TPSA) is 26.0 Å². The summed E-state index contributed by atoms with van der Waals surface area (Å²) in [4.78, 5) is 0. The molecule has 0 heterocycles. The molecule has 0 rings (SSSR count). The second kappa shape index (κ2) is 7.07. The first kappa shape index (κ1) is 9.96. The Bertz CT molecular complexity index is 193. The van der Waals surface area contributed by atoms with Gasteiger partial charge in [-0.2, -0.15) is 0 Å². The van der Waals surface area contributed by atoms with Gasteiger partial charge in [-0.3, -0.25) is 0 Å². The molecule has 1 nitrogen and oxygen atoms in total. The van der Waals surface area contributed by atoms with Gasteiger partial charge >= 0.3 is 0 Å². The Morgan fingerprint density at radius 1 is 1.55 bits per heavy atom. The highest BCUT2D eigenvalue weighted by Crippen LogP contribution is 1.96. The summed E-state index contributed by atoms with van der Waals surface area (Å²) < 4.78 is 0. The Labute approximate surface area is 68.6 Å². The average molecular weight is 149 g/mol. The molecular weight excluding hydrogens is 134 g/mol. The van der Waals surface area contributed by atoms with Gasteiger partial charge in [0.05, 0.1) is 0 Å². The van der Waals surface area contributed by atoms with E-state index in [1.165, 1.54) is 5.57 Å². The van der Waals surface area contributed by atoms with Crippen LogP contribution >= 0.6 is 0 Å². The van der Waals surface area contributed by atoms with Crippen molar-refractivity contribution in [1.29, 1.82) is 0 Å². The quantitative estimate of drug-likeness (QED) is 0.481. The third kappa shape index (κ3) is 6.85. The molecule has 0 aliphatic heterocycles. The molecule has 0 radical (unpaired) electrons. The lowest BCUT2D eigenvalue weighted by molar-refractivity contribution is 0.950. The molecular formula is C10H15N. The summed E-state index contributed by atoms with van der Waals surface area (Å²) in [6.45, 7) is 6.22. The number of hydrogen-bond donors (Lipinski definition) is 1. The standard InChI is InChI=1S/C10H15N/c1-3-4-5-6-7-10(2)8-9-11/h4-7H,1,8-9,11H2,2H3/b6-5-,10-7+. The molecule has 0 spiro atoms. The summed E-state index contributed by atoms with van der Waals surface area (Å²) in [6, 6.07) is 0. The average Bonchev–Trinajstić information content (AvgIpc) is 1.99. The molecule has 60 valence electrons. The first-order valence-corrected chi connectivity index (χ1v) is 3.69. The van der Waals surface area contributed by atoms with Crippen molar-refractivity contribution in [2.75, 3.05) is 6.54 Å². The molecule has 0 aromatic heterocycles. The van der Waals surface area contributed by atoms with Gasteiger partial charge in [-0.05, 0) is 26.0 Å². The van der Waals surface area contributed by atoms with Crippen LogP contribution in [0.3, 0.4) is 0 Å². The molecule has 0 aliphatic rings. The summed E-state index contributed by atoms with van der Waals surface area (Å²) in [5, 5.41) is 0. The zero-order chi connectivity index (χ0) is 8.53. The fourth-order valence-corrected chi connectivity index (χ4v) is 0.654. The van der Waals surface area contributed by atoms with Gasteiger partial charge in [-0.1, -0.05) is 30.4 Å². The maximum atomic E-state index is 5.36. The Morgan fingerprint density at radius 3 is 2.82 bits per heavy atom. The van der Waals surface area contributed by atoms with E-state index < -0.39 is 0 Å². The Balaban J connectivity index is 3.80. The van der Waals surface area contributed by atoms with Crippen LogP contribution in [0.2, 0.25) is 0 Å². The van der Waals surface area contributed by atoms with Gasteiger partial charge in [0, 0.05) is 0 Å². The van der Waals surface area contributed by atoms with E-state index in [1.807, 2.05) is 18.2 Å². The number of rotatable bonds is 4. The first-order chi connectivity index (χ1) is 5.31. The largest absolute Gasteiger partial charge is 0.330 e. The van der Waals surface area contributed by atoms with Gasteiger partial charge in [-0.25, -0.2) is 0 Å². The van der Waals surface area contributed by atoms with E-state index in [9.17, 15) is 0 Å². The summed E-state index contributed by atoms with van der Waals surface area (Å²) >= 11 is 0. The van der Waals surface area contributed by atoms with Crippen LogP contribution in [0, 0.1) is 0 Å².